The zero-order valence-electron chi connectivity index (χ0n) is 9.00. The SMILES string of the molecule is Cn1nnc(CC(Cc2cccs2)NN)n1. The Morgan fingerprint density at radius 2 is 2.44 bits per heavy atom. The molecule has 0 aliphatic rings. The van der Waals surface area contributed by atoms with E-state index in [1.807, 2.05) is 6.07 Å². The van der Waals surface area contributed by atoms with Crippen LogP contribution in [0.15, 0.2) is 17.5 Å². The minimum atomic E-state index is 0.142. The van der Waals surface area contributed by atoms with E-state index in [-0.39, 0.29) is 6.04 Å². The van der Waals surface area contributed by atoms with E-state index in [2.05, 4.69) is 32.3 Å². The van der Waals surface area contributed by atoms with Crippen molar-refractivity contribution in [3.8, 4) is 0 Å². The normalized spacial score (nSPS) is 12.9. The van der Waals surface area contributed by atoms with Gasteiger partial charge in [0.05, 0.1) is 7.05 Å². The van der Waals surface area contributed by atoms with Gasteiger partial charge in [0.2, 0.25) is 0 Å². The van der Waals surface area contributed by atoms with Crippen molar-refractivity contribution in [2.45, 2.75) is 18.9 Å². The Hall–Kier alpha value is -1.31. The van der Waals surface area contributed by atoms with Gasteiger partial charge in [0.25, 0.3) is 0 Å². The molecule has 3 N–H and O–H groups in total. The molecular formula is C9H14N6S. The van der Waals surface area contributed by atoms with Gasteiger partial charge in [-0.2, -0.15) is 4.80 Å². The molecule has 0 bridgehead atoms. The average Bonchev–Trinajstić information content (AvgIpc) is 2.89. The molecule has 2 aromatic rings. The lowest BCUT2D eigenvalue weighted by Crippen LogP contribution is -2.38. The molecule has 7 heteroatoms. The Morgan fingerprint density at radius 1 is 1.56 bits per heavy atom. The molecule has 0 aromatic carbocycles. The number of rotatable bonds is 5. The molecule has 1 atom stereocenters. The van der Waals surface area contributed by atoms with E-state index in [1.54, 1.807) is 18.4 Å². The van der Waals surface area contributed by atoms with Gasteiger partial charge in [0.1, 0.15) is 0 Å². The van der Waals surface area contributed by atoms with Crippen LogP contribution in [0.5, 0.6) is 0 Å². The van der Waals surface area contributed by atoms with Gasteiger partial charge in [-0.1, -0.05) is 6.07 Å². The summed E-state index contributed by atoms with van der Waals surface area (Å²) in [6.45, 7) is 0. The third-order valence-corrected chi connectivity index (χ3v) is 3.14. The summed E-state index contributed by atoms with van der Waals surface area (Å²) in [7, 11) is 1.75. The van der Waals surface area contributed by atoms with Crippen molar-refractivity contribution in [2.75, 3.05) is 0 Å². The van der Waals surface area contributed by atoms with E-state index in [4.69, 9.17) is 5.84 Å². The van der Waals surface area contributed by atoms with Crippen molar-refractivity contribution >= 4 is 11.3 Å². The third-order valence-electron chi connectivity index (χ3n) is 2.24. The van der Waals surface area contributed by atoms with E-state index in [9.17, 15) is 0 Å². The highest BCUT2D eigenvalue weighted by molar-refractivity contribution is 7.09. The Balaban J connectivity index is 1.95. The lowest BCUT2D eigenvalue weighted by atomic mass is 10.1. The second kappa shape index (κ2) is 5.15. The van der Waals surface area contributed by atoms with E-state index in [0.29, 0.717) is 12.2 Å². The van der Waals surface area contributed by atoms with Crippen LogP contribution in [0.3, 0.4) is 0 Å². The second-order valence-corrected chi connectivity index (χ2v) is 4.58. The van der Waals surface area contributed by atoms with Crippen molar-refractivity contribution in [3.63, 3.8) is 0 Å². The molecule has 2 rings (SSSR count). The Bertz CT molecular complexity index is 423. The van der Waals surface area contributed by atoms with Crippen LogP contribution >= 0.6 is 11.3 Å². The van der Waals surface area contributed by atoms with Crippen LogP contribution in [0.1, 0.15) is 10.7 Å². The van der Waals surface area contributed by atoms with E-state index >= 15 is 0 Å². The second-order valence-electron chi connectivity index (χ2n) is 3.55. The monoisotopic (exact) mass is 238 g/mol. The summed E-state index contributed by atoms with van der Waals surface area (Å²) in [5.74, 6) is 6.23. The van der Waals surface area contributed by atoms with Crippen LogP contribution in [0.4, 0.5) is 0 Å². The molecule has 6 nitrogen and oxygen atoms in total. The Labute approximate surface area is 97.4 Å². The smallest absolute Gasteiger partial charge is 0.176 e. The minimum absolute atomic E-state index is 0.142. The topological polar surface area (TPSA) is 81.7 Å². The first-order chi connectivity index (χ1) is 7.78. The largest absolute Gasteiger partial charge is 0.271 e. The average molecular weight is 238 g/mol. The first-order valence-corrected chi connectivity index (χ1v) is 5.87. The van der Waals surface area contributed by atoms with Gasteiger partial charge in [0.15, 0.2) is 5.82 Å². The highest BCUT2D eigenvalue weighted by Crippen LogP contribution is 2.12. The van der Waals surface area contributed by atoms with Gasteiger partial charge in [0, 0.05) is 17.3 Å². The molecule has 0 spiro atoms. The number of nitrogens with one attached hydrogen (secondary N) is 1. The molecular weight excluding hydrogens is 224 g/mol. The van der Waals surface area contributed by atoms with E-state index < -0.39 is 0 Å². The Kier molecular flexibility index (Phi) is 3.60. The fourth-order valence-corrected chi connectivity index (χ4v) is 2.27. The number of aryl methyl sites for hydroxylation is 1. The summed E-state index contributed by atoms with van der Waals surface area (Å²) >= 11 is 1.73. The lowest BCUT2D eigenvalue weighted by Gasteiger charge is -2.12. The molecule has 0 radical (unpaired) electrons. The van der Waals surface area contributed by atoms with Crippen LogP contribution < -0.4 is 11.3 Å². The van der Waals surface area contributed by atoms with Gasteiger partial charge < -0.3 is 0 Å². The number of hydrogen-bond donors (Lipinski definition) is 2. The minimum Gasteiger partial charge on any atom is -0.271 e. The number of aromatic nitrogens is 4. The molecule has 0 saturated carbocycles. The number of nitrogens with two attached hydrogens (primary N) is 1. The van der Waals surface area contributed by atoms with Crippen molar-refractivity contribution in [1.29, 1.82) is 0 Å². The van der Waals surface area contributed by atoms with Crippen LogP contribution in [0.2, 0.25) is 0 Å². The van der Waals surface area contributed by atoms with Crippen LogP contribution in [-0.4, -0.2) is 26.2 Å². The lowest BCUT2D eigenvalue weighted by molar-refractivity contribution is 0.512. The fraction of sp³-hybridized carbons (Fsp3) is 0.444. The number of tetrazole rings is 1. The molecule has 0 fully saturated rings. The maximum Gasteiger partial charge on any atom is 0.176 e. The number of hydrazine groups is 1. The fourth-order valence-electron chi connectivity index (χ4n) is 1.49. The Morgan fingerprint density at radius 3 is 3.00 bits per heavy atom. The van der Waals surface area contributed by atoms with Crippen LogP contribution in [0, 0.1) is 0 Å². The predicted octanol–water partition coefficient (Wildman–Crippen LogP) is -0.111. The van der Waals surface area contributed by atoms with Gasteiger partial charge >= 0.3 is 0 Å². The standard InChI is InChI=1S/C9H14N6S/c1-15-13-9(12-14-15)6-7(11-10)5-8-3-2-4-16-8/h2-4,7,11H,5-6,10H2,1H3. The maximum atomic E-state index is 5.52. The van der Waals surface area contributed by atoms with E-state index in [0.717, 1.165) is 6.42 Å². The maximum absolute atomic E-state index is 5.52. The molecule has 2 aromatic heterocycles. The van der Waals surface area contributed by atoms with Gasteiger partial charge in [-0.15, -0.1) is 21.5 Å². The molecule has 86 valence electrons. The summed E-state index contributed by atoms with van der Waals surface area (Å²) < 4.78 is 0. The molecule has 1 unspecified atom stereocenters. The first kappa shape index (κ1) is 11.2. The zero-order chi connectivity index (χ0) is 11.4. The van der Waals surface area contributed by atoms with Gasteiger partial charge in [-0.05, 0) is 23.1 Å². The highest BCUT2D eigenvalue weighted by atomic mass is 32.1. The van der Waals surface area contributed by atoms with Crippen LogP contribution in [0.25, 0.3) is 0 Å². The number of hydrogen-bond acceptors (Lipinski definition) is 6. The summed E-state index contributed by atoms with van der Waals surface area (Å²) in [4.78, 5) is 2.75. The van der Waals surface area contributed by atoms with E-state index in [1.165, 1.54) is 9.67 Å². The van der Waals surface area contributed by atoms with Crippen molar-refractivity contribution in [3.05, 3.63) is 28.2 Å². The van der Waals surface area contributed by atoms with Gasteiger partial charge in [-0.3, -0.25) is 11.3 Å². The first-order valence-electron chi connectivity index (χ1n) is 4.99. The summed E-state index contributed by atoms with van der Waals surface area (Å²) in [5.41, 5.74) is 2.79. The molecule has 0 aliphatic carbocycles. The molecule has 0 amide bonds. The molecule has 16 heavy (non-hydrogen) atoms. The summed E-state index contributed by atoms with van der Waals surface area (Å²) in [6, 6.07) is 4.27. The van der Waals surface area contributed by atoms with Gasteiger partial charge in [-0.25, -0.2) is 0 Å². The summed E-state index contributed by atoms with van der Waals surface area (Å²) in [5, 5.41) is 13.9. The van der Waals surface area contributed by atoms with Crippen LogP contribution in [-0.2, 0) is 19.9 Å². The quantitative estimate of drug-likeness (QED) is 0.561. The summed E-state index contributed by atoms with van der Waals surface area (Å²) in [6.07, 6.45) is 1.56. The van der Waals surface area contributed by atoms with Crippen molar-refractivity contribution < 1.29 is 0 Å². The highest BCUT2D eigenvalue weighted by Gasteiger charge is 2.12. The zero-order valence-corrected chi connectivity index (χ0v) is 9.81. The van der Waals surface area contributed by atoms with Crippen molar-refractivity contribution in [1.82, 2.24) is 25.6 Å². The van der Waals surface area contributed by atoms with Crippen molar-refractivity contribution in [2.24, 2.45) is 12.9 Å². The third kappa shape index (κ3) is 2.84. The molecule has 2 heterocycles. The molecule has 0 aliphatic heterocycles. The predicted molar refractivity (Wildman–Crippen MR) is 61.6 cm³/mol. The number of nitrogens with zero attached hydrogens (tertiary/aromatic N) is 4. The number of thiophene rings is 1. The molecule has 0 saturated heterocycles.